The van der Waals surface area contributed by atoms with Gasteiger partial charge in [0, 0.05) is 20.1 Å². The first-order valence-electron chi connectivity index (χ1n) is 4.02. The Morgan fingerprint density at radius 2 is 2.09 bits per heavy atom. The predicted molar refractivity (Wildman–Crippen MR) is 46.7 cm³/mol. The average molecular weight is 153 g/mol. The van der Waals surface area contributed by atoms with Gasteiger partial charge in [0.05, 0.1) is 0 Å². The summed E-state index contributed by atoms with van der Waals surface area (Å²) < 4.78 is 0. The third-order valence-electron chi connectivity index (χ3n) is 1.85. The molecule has 3 nitrogen and oxygen atoms in total. The topological polar surface area (TPSA) is 39.1 Å². The van der Waals surface area contributed by atoms with Crippen molar-refractivity contribution >= 4 is 5.84 Å². The molecule has 0 aliphatic carbocycles. The Bertz CT molecular complexity index is 157. The van der Waals surface area contributed by atoms with E-state index in [4.69, 9.17) is 5.41 Å². The van der Waals surface area contributed by atoms with Crippen LogP contribution < -0.4 is 5.32 Å². The summed E-state index contributed by atoms with van der Waals surface area (Å²) >= 11 is 0. The molecule has 0 amide bonds. The van der Waals surface area contributed by atoms with Crippen LogP contribution in [0.15, 0.2) is 12.3 Å². The van der Waals surface area contributed by atoms with E-state index in [0.717, 1.165) is 13.1 Å². The lowest BCUT2D eigenvalue weighted by Gasteiger charge is -2.14. The fourth-order valence-corrected chi connectivity index (χ4v) is 1.23. The summed E-state index contributed by atoms with van der Waals surface area (Å²) in [6.07, 6.45) is 6.05. The number of hydrogen-bond donors (Lipinski definition) is 2. The summed E-state index contributed by atoms with van der Waals surface area (Å²) in [5.41, 5.74) is 0. The molecule has 2 N–H and O–H groups in total. The molecule has 1 aliphatic heterocycles. The van der Waals surface area contributed by atoms with E-state index in [0.29, 0.717) is 5.84 Å². The predicted octanol–water partition coefficient (Wildman–Crippen LogP) is 0.793. The Labute approximate surface area is 67.6 Å². The molecule has 11 heavy (non-hydrogen) atoms. The number of nitrogens with zero attached hydrogens (tertiary/aromatic N) is 1. The van der Waals surface area contributed by atoms with Crippen molar-refractivity contribution in [2.75, 3.05) is 20.1 Å². The molecule has 1 saturated heterocycles. The van der Waals surface area contributed by atoms with Gasteiger partial charge in [0.15, 0.2) is 0 Å². The van der Waals surface area contributed by atoms with Crippen LogP contribution in [-0.2, 0) is 0 Å². The van der Waals surface area contributed by atoms with E-state index in [9.17, 15) is 0 Å². The lowest BCUT2D eigenvalue weighted by atomic mass is 10.4. The molecular weight excluding hydrogens is 138 g/mol. The Morgan fingerprint density at radius 3 is 2.64 bits per heavy atom. The van der Waals surface area contributed by atoms with Crippen molar-refractivity contribution < 1.29 is 0 Å². The zero-order chi connectivity index (χ0) is 8.10. The van der Waals surface area contributed by atoms with Crippen LogP contribution >= 0.6 is 0 Å². The molecule has 62 valence electrons. The van der Waals surface area contributed by atoms with E-state index in [1.807, 2.05) is 7.05 Å². The van der Waals surface area contributed by atoms with E-state index in [-0.39, 0.29) is 0 Å². The van der Waals surface area contributed by atoms with Crippen LogP contribution in [0.25, 0.3) is 0 Å². The number of nitrogens with one attached hydrogen (secondary N) is 2. The van der Waals surface area contributed by atoms with E-state index < -0.39 is 0 Å². The van der Waals surface area contributed by atoms with Gasteiger partial charge in [0.2, 0.25) is 0 Å². The number of amidine groups is 1. The molecule has 0 saturated carbocycles. The number of rotatable bonds is 2. The van der Waals surface area contributed by atoms with Gasteiger partial charge < -0.3 is 10.2 Å². The van der Waals surface area contributed by atoms with Gasteiger partial charge in [-0.1, -0.05) is 0 Å². The lowest BCUT2D eigenvalue weighted by Crippen LogP contribution is -2.25. The highest BCUT2D eigenvalue weighted by molar-refractivity contribution is 5.90. The first kappa shape index (κ1) is 8.11. The second-order valence-electron chi connectivity index (χ2n) is 2.70. The quantitative estimate of drug-likeness (QED) is 0.455. The maximum Gasteiger partial charge on any atom is 0.122 e. The molecule has 0 unspecified atom stereocenters. The molecule has 0 radical (unpaired) electrons. The van der Waals surface area contributed by atoms with Gasteiger partial charge in [0.1, 0.15) is 5.84 Å². The van der Waals surface area contributed by atoms with Crippen molar-refractivity contribution in [2.45, 2.75) is 12.8 Å². The van der Waals surface area contributed by atoms with E-state index in [1.54, 1.807) is 12.3 Å². The Kier molecular flexibility index (Phi) is 2.95. The summed E-state index contributed by atoms with van der Waals surface area (Å²) in [5, 5.41) is 10.5. The first-order chi connectivity index (χ1) is 5.34. The molecule has 0 atom stereocenters. The second-order valence-corrected chi connectivity index (χ2v) is 2.70. The van der Waals surface area contributed by atoms with E-state index >= 15 is 0 Å². The van der Waals surface area contributed by atoms with Crippen molar-refractivity contribution in [3.63, 3.8) is 0 Å². The summed E-state index contributed by atoms with van der Waals surface area (Å²) in [4.78, 5) is 2.09. The molecule has 1 fully saturated rings. The molecule has 0 bridgehead atoms. The van der Waals surface area contributed by atoms with Gasteiger partial charge in [-0.3, -0.25) is 5.41 Å². The van der Waals surface area contributed by atoms with Crippen molar-refractivity contribution in [2.24, 2.45) is 0 Å². The number of likely N-dealkylation sites (tertiary alicyclic amines) is 1. The Morgan fingerprint density at radius 1 is 1.45 bits per heavy atom. The highest BCUT2D eigenvalue weighted by Gasteiger charge is 2.11. The number of hydrogen-bond acceptors (Lipinski definition) is 2. The molecule has 0 aromatic rings. The fraction of sp³-hybridized carbons (Fsp3) is 0.625. The third-order valence-corrected chi connectivity index (χ3v) is 1.85. The Hall–Kier alpha value is -0.990. The molecule has 1 heterocycles. The summed E-state index contributed by atoms with van der Waals surface area (Å²) in [7, 11) is 1.84. The maximum absolute atomic E-state index is 7.59. The van der Waals surface area contributed by atoms with Crippen LogP contribution in [0.5, 0.6) is 0 Å². The Balaban J connectivity index is 2.34. The smallest absolute Gasteiger partial charge is 0.122 e. The van der Waals surface area contributed by atoms with Crippen molar-refractivity contribution in [3.05, 3.63) is 12.3 Å². The van der Waals surface area contributed by atoms with Crippen LogP contribution in [0.3, 0.4) is 0 Å². The molecule has 0 aromatic heterocycles. The van der Waals surface area contributed by atoms with Crippen LogP contribution in [0.1, 0.15) is 12.8 Å². The monoisotopic (exact) mass is 153 g/mol. The van der Waals surface area contributed by atoms with Crippen LogP contribution in [0, 0.1) is 5.41 Å². The molecule has 0 spiro atoms. The standard InChI is InChI=1S/C8H15N3/c1-10-5-4-8(9)11-6-2-3-7-11/h4-5,9-10H,2-3,6-7H2,1H3. The minimum absolute atomic E-state index is 0.622. The normalized spacial score (nSPS) is 17.7. The minimum atomic E-state index is 0.622. The average Bonchev–Trinajstić information content (AvgIpc) is 2.52. The van der Waals surface area contributed by atoms with Crippen LogP contribution in [0.4, 0.5) is 0 Å². The molecule has 0 aromatic carbocycles. The van der Waals surface area contributed by atoms with Gasteiger partial charge in [-0.2, -0.15) is 0 Å². The largest absolute Gasteiger partial charge is 0.394 e. The highest BCUT2D eigenvalue weighted by Crippen LogP contribution is 2.07. The van der Waals surface area contributed by atoms with Crippen LogP contribution in [-0.4, -0.2) is 30.9 Å². The maximum atomic E-state index is 7.59. The summed E-state index contributed by atoms with van der Waals surface area (Å²) in [5.74, 6) is 0.622. The first-order valence-corrected chi connectivity index (χ1v) is 4.02. The minimum Gasteiger partial charge on any atom is -0.394 e. The zero-order valence-electron chi connectivity index (χ0n) is 6.93. The molecule has 1 rings (SSSR count). The fourth-order valence-electron chi connectivity index (χ4n) is 1.23. The van der Waals surface area contributed by atoms with Gasteiger partial charge in [-0.15, -0.1) is 0 Å². The second kappa shape index (κ2) is 4.01. The summed E-state index contributed by atoms with van der Waals surface area (Å²) in [6, 6.07) is 0. The van der Waals surface area contributed by atoms with Gasteiger partial charge in [-0.25, -0.2) is 0 Å². The zero-order valence-corrected chi connectivity index (χ0v) is 6.93. The van der Waals surface area contributed by atoms with Gasteiger partial charge in [-0.05, 0) is 25.1 Å². The third kappa shape index (κ3) is 2.26. The molecule has 1 aliphatic rings. The van der Waals surface area contributed by atoms with Gasteiger partial charge in [0.25, 0.3) is 0 Å². The van der Waals surface area contributed by atoms with Crippen molar-refractivity contribution in [3.8, 4) is 0 Å². The lowest BCUT2D eigenvalue weighted by molar-refractivity contribution is 0.519. The SMILES string of the molecule is CNC=CC(=N)N1CCCC1. The van der Waals surface area contributed by atoms with Crippen molar-refractivity contribution in [1.82, 2.24) is 10.2 Å². The summed E-state index contributed by atoms with van der Waals surface area (Å²) in [6.45, 7) is 2.10. The van der Waals surface area contributed by atoms with Crippen molar-refractivity contribution in [1.29, 1.82) is 5.41 Å². The molecule has 3 heteroatoms. The highest BCUT2D eigenvalue weighted by atomic mass is 15.2. The molecular formula is C8H15N3. The van der Waals surface area contributed by atoms with Crippen LogP contribution in [0.2, 0.25) is 0 Å². The van der Waals surface area contributed by atoms with E-state index in [1.165, 1.54) is 12.8 Å². The van der Waals surface area contributed by atoms with Gasteiger partial charge >= 0.3 is 0 Å². The van der Waals surface area contributed by atoms with E-state index in [2.05, 4.69) is 10.2 Å².